The Hall–Kier alpha value is -1.13. The van der Waals surface area contributed by atoms with Gasteiger partial charge in [-0.15, -0.1) is 0 Å². The second kappa shape index (κ2) is 4.39. The standard InChI is InChI=1S/C12H10BrFO2/c1-7-4-5-8(13)10(11(7)14)12(15)9-3-2-6-16-9/h2-6,12,15H,1H3. The second-order valence-electron chi connectivity index (χ2n) is 3.51. The number of halogens is 2. The van der Waals surface area contributed by atoms with Gasteiger partial charge in [0.1, 0.15) is 17.7 Å². The highest BCUT2D eigenvalue weighted by Gasteiger charge is 2.21. The summed E-state index contributed by atoms with van der Waals surface area (Å²) < 4.78 is 19.5. The van der Waals surface area contributed by atoms with Gasteiger partial charge in [0.25, 0.3) is 0 Å². The van der Waals surface area contributed by atoms with E-state index in [-0.39, 0.29) is 5.56 Å². The molecule has 0 radical (unpaired) electrons. The third-order valence-electron chi connectivity index (χ3n) is 2.41. The zero-order valence-corrected chi connectivity index (χ0v) is 10.2. The normalized spacial score (nSPS) is 12.8. The molecule has 84 valence electrons. The topological polar surface area (TPSA) is 33.4 Å². The zero-order chi connectivity index (χ0) is 11.7. The summed E-state index contributed by atoms with van der Waals surface area (Å²) in [6.07, 6.45) is 0.351. The van der Waals surface area contributed by atoms with Crippen molar-refractivity contribution >= 4 is 15.9 Å². The third-order valence-corrected chi connectivity index (χ3v) is 3.10. The Morgan fingerprint density at radius 1 is 1.38 bits per heavy atom. The lowest BCUT2D eigenvalue weighted by Gasteiger charge is -2.13. The quantitative estimate of drug-likeness (QED) is 0.915. The Kier molecular flexibility index (Phi) is 3.12. The van der Waals surface area contributed by atoms with Gasteiger partial charge in [-0.2, -0.15) is 0 Å². The molecule has 2 aromatic rings. The third kappa shape index (κ3) is 1.90. The number of hydrogen-bond acceptors (Lipinski definition) is 2. The highest BCUT2D eigenvalue weighted by Crippen LogP contribution is 2.32. The fourth-order valence-electron chi connectivity index (χ4n) is 1.52. The lowest BCUT2D eigenvalue weighted by Crippen LogP contribution is -2.04. The van der Waals surface area contributed by atoms with Crippen LogP contribution < -0.4 is 0 Å². The van der Waals surface area contributed by atoms with E-state index in [1.807, 2.05) is 0 Å². The van der Waals surface area contributed by atoms with Crippen LogP contribution in [0.1, 0.15) is 23.0 Å². The molecule has 0 aliphatic heterocycles. The summed E-state index contributed by atoms with van der Waals surface area (Å²) in [5.74, 6) is -0.0940. The van der Waals surface area contributed by atoms with E-state index in [1.54, 1.807) is 31.2 Å². The number of aryl methyl sites for hydroxylation is 1. The van der Waals surface area contributed by atoms with Crippen LogP contribution >= 0.6 is 15.9 Å². The Morgan fingerprint density at radius 2 is 2.12 bits per heavy atom. The predicted octanol–water partition coefficient (Wildman–Crippen LogP) is 3.57. The van der Waals surface area contributed by atoms with E-state index in [4.69, 9.17) is 4.42 Å². The first-order chi connectivity index (χ1) is 7.61. The van der Waals surface area contributed by atoms with Crippen LogP contribution in [0.4, 0.5) is 4.39 Å². The van der Waals surface area contributed by atoms with Gasteiger partial charge < -0.3 is 9.52 Å². The molecule has 1 unspecified atom stereocenters. The summed E-state index contributed by atoms with van der Waals surface area (Å²) in [4.78, 5) is 0. The van der Waals surface area contributed by atoms with Crippen LogP contribution in [0, 0.1) is 12.7 Å². The Labute approximate surface area is 101 Å². The molecule has 1 N–H and O–H groups in total. The minimum absolute atomic E-state index is 0.204. The van der Waals surface area contributed by atoms with Crippen molar-refractivity contribution in [2.24, 2.45) is 0 Å². The number of hydrogen-bond donors (Lipinski definition) is 1. The molecule has 0 spiro atoms. The molecule has 1 atom stereocenters. The van der Waals surface area contributed by atoms with Gasteiger partial charge in [-0.1, -0.05) is 22.0 Å². The van der Waals surface area contributed by atoms with Crippen molar-refractivity contribution in [2.75, 3.05) is 0 Å². The molecule has 0 fully saturated rings. The van der Waals surface area contributed by atoms with Crippen LogP contribution in [0.25, 0.3) is 0 Å². The molecule has 0 aliphatic carbocycles. The van der Waals surface area contributed by atoms with Gasteiger partial charge in [0, 0.05) is 10.0 Å². The highest BCUT2D eigenvalue weighted by molar-refractivity contribution is 9.10. The minimum Gasteiger partial charge on any atom is -0.466 e. The number of furan rings is 1. The summed E-state index contributed by atoms with van der Waals surface area (Å²) in [6.45, 7) is 1.65. The van der Waals surface area contributed by atoms with E-state index >= 15 is 0 Å². The van der Waals surface area contributed by atoms with Crippen LogP contribution in [-0.4, -0.2) is 5.11 Å². The molecular formula is C12H10BrFO2. The molecule has 0 saturated heterocycles. The van der Waals surface area contributed by atoms with Crippen molar-refractivity contribution < 1.29 is 13.9 Å². The first-order valence-electron chi connectivity index (χ1n) is 4.77. The maximum Gasteiger partial charge on any atom is 0.141 e. The zero-order valence-electron chi connectivity index (χ0n) is 8.58. The average molecular weight is 285 g/mol. The Morgan fingerprint density at radius 3 is 2.75 bits per heavy atom. The second-order valence-corrected chi connectivity index (χ2v) is 4.36. The van der Waals surface area contributed by atoms with Crippen LogP contribution in [-0.2, 0) is 0 Å². The highest BCUT2D eigenvalue weighted by atomic mass is 79.9. The van der Waals surface area contributed by atoms with Crippen LogP contribution in [0.3, 0.4) is 0 Å². The Balaban J connectivity index is 2.52. The number of aliphatic hydroxyl groups excluding tert-OH is 1. The molecule has 4 heteroatoms. The first kappa shape index (κ1) is 11.4. The molecule has 2 nitrogen and oxygen atoms in total. The summed E-state index contributed by atoms with van der Waals surface area (Å²) in [5, 5.41) is 10.0. The van der Waals surface area contributed by atoms with Crippen LogP contribution in [0.5, 0.6) is 0 Å². The van der Waals surface area contributed by atoms with E-state index in [0.717, 1.165) is 0 Å². The van der Waals surface area contributed by atoms with E-state index in [0.29, 0.717) is 15.8 Å². The van der Waals surface area contributed by atoms with Crippen molar-refractivity contribution in [3.8, 4) is 0 Å². The number of rotatable bonds is 2. The Bertz CT molecular complexity index is 494. The van der Waals surface area contributed by atoms with Crippen molar-refractivity contribution in [3.05, 3.63) is 57.7 Å². The molecular weight excluding hydrogens is 275 g/mol. The molecule has 16 heavy (non-hydrogen) atoms. The molecule has 1 aromatic heterocycles. The molecule has 1 aromatic carbocycles. The van der Waals surface area contributed by atoms with Gasteiger partial charge >= 0.3 is 0 Å². The van der Waals surface area contributed by atoms with Crippen molar-refractivity contribution in [1.29, 1.82) is 0 Å². The van der Waals surface area contributed by atoms with Gasteiger partial charge in [0.15, 0.2) is 0 Å². The van der Waals surface area contributed by atoms with Crippen molar-refractivity contribution in [1.82, 2.24) is 0 Å². The SMILES string of the molecule is Cc1ccc(Br)c(C(O)c2ccco2)c1F. The van der Waals surface area contributed by atoms with Gasteiger partial charge in [-0.25, -0.2) is 4.39 Å². The smallest absolute Gasteiger partial charge is 0.141 e. The summed E-state index contributed by atoms with van der Waals surface area (Å²) in [5.41, 5.74) is 0.693. The minimum atomic E-state index is -1.09. The first-order valence-corrected chi connectivity index (χ1v) is 5.56. The van der Waals surface area contributed by atoms with Gasteiger partial charge in [-0.3, -0.25) is 0 Å². The predicted molar refractivity (Wildman–Crippen MR) is 61.6 cm³/mol. The lowest BCUT2D eigenvalue weighted by atomic mass is 10.0. The van der Waals surface area contributed by atoms with Gasteiger partial charge in [0.05, 0.1) is 6.26 Å². The van der Waals surface area contributed by atoms with Crippen LogP contribution in [0.2, 0.25) is 0 Å². The van der Waals surface area contributed by atoms with Gasteiger partial charge in [-0.05, 0) is 30.7 Å². The molecule has 0 amide bonds. The van der Waals surface area contributed by atoms with Crippen molar-refractivity contribution in [2.45, 2.75) is 13.0 Å². The average Bonchev–Trinajstić information content (AvgIpc) is 2.77. The van der Waals surface area contributed by atoms with E-state index in [2.05, 4.69) is 15.9 Å². The largest absolute Gasteiger partial charge is 0.466 e. The molecule has 0 aliphatic rings. The number of benzene rings is 1. The molecule has 2 rings (SSSR count). The monoisotopic (exact) mass is 284 g/mol. The van der Waals surface area contributed by atoms with E-state index in [9.17, 15) is 9.50 Å². The fourth-order valence-corrected chi connectivity index (χ4v) is 2.04. The molecule has 0 bridgehead atoms. The van der Waals surface area contributed by atoms with Crippen molar-refractivity contribution in [3.63, 3.8) is 0 Å². The maximum absolute atomic E-state index is 13.9. The maximum atomic E-state index is 13.9. The summed E-state index contributed by atoms with van der Waals surface area (Å²) >= 11 is 3.23. The number of aliphatic hydroxyl groups is 1. The van der Waals surface area contributed by atoms with Crippen LogP contribution in [0.15, 0.2) is 39.4 Å². The van der Waals surface area contributed by atoms with Gasteiger partial charge in [0.2, 0.25) is 0 Å². The fraction of sp³-hybridized carbons (Fsp3) is 0.167. The summed E-state index contributed by atoms with van der Waals surface area (Å²) in [6, 6.07) is 6.62. The molecule has 1 heterocycles. The lowest BCUT2D eigenvalue weighted by molar-refractivity contribution is 0.184. The van der Waals surface area contributed by atoms with E-state index in [1.165, 1.54) is 6.26 Å². The summed E-state index contributed by atoms with van der Waals surface area (Å²) in [7, 11) is 0. The molecule has 0 saturated carbocycles. The van der Waals surface area contributed by atoms with E-state index < -0.39 is 11.9 Å².